The monoisotopic (exact) mass is 425 g/mol. The van der Waals surface area contributed by atoms with Gasteiger partial charge in [-0.2, -0.15) is 0 Å². The van der Waals surface area contributed by atoms with Crippen molar-refractivity contribution in [2.75, 3.05) is 50.6 Å². The topological polar surface area (TPSA) is 71.1 Å². The molecule has 166 valence electrons. The van der Waals surface area contributed by atoms with E-state index in [1.54, 1.807) is 18.2 Å². The predicted molar refractivity (Wildman–Crippen MR) is 122 cm³/mol. The molecule has 1 N–H and O–H groups in total. The van der Waals surface area contributed by atoms with Gasteiger partial charge in [0.2, 0.25) is 0 Å². The standard InChI is InChI=1S/C24H31N3O4/c1-4-30-22-16-18(24(29)25-19-10-6-7-11-20(19)26(2)3)12-13-21(22)31-17-23(28)27-14-8-5-9-15-27/h6-7,10-13,16H,4-5,8-9,14-15,17H2,1-3H3,(H,25,29). The van der Waals surface area contributed by atoms with Crippen LogP contribution in [-0.4, -0.2) is 57.1 Å². The molecular formula is C24H31N3O4. The van der Waals surface area contributed by atoms with Crippen molar-refractivity contribution in [3.63, 3.8) is 0 Å². The summed E-state index contributed by atoms with van der Waals surface area (Å²) in [6, 6.07) is 12.6. The molecule has 7 heteroatoms. The number of carbonyl (C=O) groups is 2. The van der Waals surface area contributed by atoms with E-state index in [0.717, 1.165) is 37.3 Å². The number of para-hydroxylation sites is 2. The number of nitrogens with one attached hydrogen (secondary N) is 1. The zero-order valence-electron chi connectivity index (χ0n) is 18.5. The molecule has 1 aliphatic heterocycles. The molecule has 1 aliphatic rings. The lowest BCUT2D eigenvalue weighted by Gasteiger charge is -2.26. The highest BCUT2D eigenvalue weighted by atomic mass is 16.5. The first-order chi connectivity index (χ1) is 15.0. The SMILES string of the molecule is CCOc1cc(C(=O)Nc2ccccc2N(C)C)ccc1OCC(=O)N1CCCCC1. The summed E-state index contributed by atoms with van der Waals surface area (Å²) >= 11 is 0. The Labute approximate surface area is 183 Å². The lowest BCUT2D eigenvalue weighted by atomic mass is 10.1. The van der Waals surface area contributed by atoms with Crippen molar-refractivity contribution in [1.82, 2.24) is 4.90 Å². The number of hydrogen-bond acceptors (Lipinski definition) is 5. The summed E-state index contributed by atoms with van der Waals surface area (Å²) in [5, 5.41) is 2.95. The summed E-state index contributed by atoms with van der Waals surface area (Å²) in [6.45, 7) is 3.82. The molecule has 2 aromatic rings. The Bertz CT molecular complexity index is 907. The van der Waals surface area contributed by atoms with Gasteiger partial charge in [0.1, 0.15) is 0 Å². The van der Waals surface area contributed by atoms with Gasteiger partial charge >= 0.3 is 0 Å². The molecule has 2 amide bonds. The molecule has 0 aliphatic carbocycles. The fourth-order valence-corrected chi connectivity index (χ4v) is 3.57. The molecule has 3 rings (SSSR count). The summed E-state index contributed by atoms with van der Waals surface area (Å²) in [5.74, 6) is 0.635. The van der Waals surface area contributed by atoms with Gasteiger partial charge in [-0.15, -0.1) is 0 Å². The van der Waals surface area contributed by atoms with Crippen LogP contribution in [0, 0.1) is 0 Å². The number of likely N-dealkylation sites (tertiary alicyclic amines) is 1. The molecule has 0 unspecified atom stereocenters. The van der Waals surface area contributed by atoms with Gasteiger partial charge in [-0.3, -0.25) is 9.59 Å². The average Bonchev–Trinajstić information content (AvgIpc) is 2.79. The number of hydrogen-bond donors (Lipinski definition) is 1. The van der Waals surface area contributed by atoms with Crippen LogP contribution in [0.1, 0.15) is 36.5 Å². The molecule has 0 saturated carbocycles. The molecule has 0 bridgehead atoms. The fraction of sp³-hybridized carbons (Fsp3) is 0.417. The smallest absolute Gasteiger partial charge is 0.260 e. The van der Waals surface area contributed by atoms with E-state index in [1.165, 1.54) is 6.42 Å². The Hall–Kier alpha value is -3.22. The van der Waals surface area contributed by atoms with Crippen molar-refractivity contribution in [3.8, 4) is 11.5 Å². The first-order valence-corrected chi connectivity index (χ1v) is 10.7. The largest absolute Gasteiger partial charge is 0.490 e. The van der Waals surface area contributed by atoms with Crippen LogP contribution < -0.4 is 19.7 Å². The molecule has 1 saturated heterocycles. The maximum absolute atomic E-state index is 12.8. The van der Waals surface area contributed by atoms with E-state index < -0.39 is 0 Å². The first kappa shape index (κ1) is 22.5. The van der Waals surface area contributed by atoms with E-state index in [-0.39, 0.29) is 18.4 Å². The Morgan fingerprint density at radius 3 is 2.45 bits per heavy atom. The van der Waals surface area contributed by atoms with E-state index in [9.17, 15) is 9.59 Å². The number of ether oxygens (including phenoxy) is 2. The van der Waals surface area contributed by atoms with Crippen molar-refractivity contribution in [3.05, 3.63) is 48.0 Å². The second kappa shape index (κ2) is 10.7. The van der Waals surface area contributed by atoms with Gasteiger partial charge in [-0.1, -0.05) is 12.1 Å². The Kier molecular flexibility index (Phi) is 7.76. The number of piperidine rings is 1. The van der Waals surface area contributed by atoms with Crippen LogP contribution in [0.5, 0.6) is 11.5 Å². The minimum absolute atomic E-state index is 0.0238. The van der Waals surface area contributed by atoms with Crippen LogP contribution in [0.3, 0.4) is 0 Å². The first-order valence-electron chi connectivity index (χ1n) is 10.7. The van der Waals surface area contributed by atoms with Gasteiger partial charge in [-0.05, 0) is 56.5 Å². The average molecular weight is 426 g/mol. The van der Waals surface area contributed by atoms with E-state index in [2.05, 4.69) is 5.32 Å². The maximum atomic E-state index is 12.8. The van der Waals surface area contributed by atoms with Crippen LogP contribution in [0.15, 0.2) is 42.5 Å². The van der Waals surface area contributed by atoms with E-state index in [0.29, 0.717) is 23.7 Å². The highest BCUT2D eigenvalue weighted by Gasteiger charge is 2.19. The number of carbonyl (C=O) groups excluding carboxylic acids is 2. The highest BCUT2D eigenvalue weighted by molar-refractivity contribution is 6.06. The van der Waals surface area contributed by atoms with Crippen LogP contribution in [0.2, 0.25) is 0 Å². The summed E-state index contributed by atoms with van der Waals surface area (Å²) < 4.78 is 11.4. The van der Waals surface area contributed by atoms with Gasteiger partial charge in [0.15, 0.2) is 18.1 Å². The summed E-state index contributed by atoms with van der Waals surface area (Å²) in [4.78, 5) is 29.0. The molecule has 0 aromatic heterocycles. The van der Waals surface area contributed by atoms with Crippen molar-refractivity contribution in [2.24, 2.45) is 0 Å². The molecule has 1 fully saturated rings. The third-order valence-electron chi connectivity index (χ3n) is 5.20. The molecule has 0 atom stereocenters. The molecular weight excluding hydrogens is 394 g/mol. The Morgan fingerprint density at radius 2 is 1.74 bits per heavy atom. The quantitative estimate of drug-likeness (QED) is 0.697. The Balaban J connectivity index is 1.70. The number of benzene rings is 2. The van der Waals surface area contributed by atoms with Crippen molar-refractivity contribution >= 4 is 23.2 Å². The zero-order chi connectivity index (χ0) is 22.2. The minimum atomic E-state index is -0.244. The van der Waals surface area contributed by atoms with Crippen molar-refractivity contribution in [1.29, 1.82) is 0 Å². The van der Waals surface area contributed by atoms with Gasteiger partial charge in [-0.25, -0.2) is 0 Å². The molecule has 0 radical (unpaired) electrons. The van der Waals surface area contributed by atoms with E-state index >= 15 is 0 Å². The van der Waals surface area contributed by atoms with Gasteiger partial charge in [0.05, 0.1) is 18.0 Å². The molecule has 7 nitrogen and oxygen atoms in total. The van der Waals surface area contributed by atoms with E-state index in [4.69, 9.17) is 9.47 Å². The summed E-state index contributed by atoms with van der Waals surface area (Å²) in [7, 11) is 3.85. The minimum Gasteiger partial charge on any atom is -0.490 e. The third-order valence-corrected chi connectivity index (χ3v) is 5.20. The lowest BCUT2D eigenvalue weighted by Crippen LogP contribution is -2.38. The van der Waals surface area contributed by atoms with Crippen molar-refractivity contribution in [2.45, 2.75) is 26.2 Å². The molecule has 0 spiro atoms. The summed E-state index contributed by atoms with van der Waals surface area (Å²) in [6.07, 6.45) is 3.25. The number of nitrogens with zero attached hydrogens (tertiary/aromatic N) is 2. The zero-order valence-corrected chi connectivity index (χ0v) is 18.5. The van der Waals surface area contributed by atoms with Crippen LogP contribution >= 0.6 is 0 Å². The second-order valence-corrected chi connectivity index (χ2v) is 7.69. The van der Waals surface area contributed by atoms with Crippen molar-refractivity contribution < 1.29 is 19.1 Å². The second-order valence-electron chi connectivity index (χ2n) is 7.69. The predicted octanol–water partition coefficient (Wildman–Crippen LogP) is 3.79. The summed E-state index contributed by atoms with van der Waals surface area (Å²) in [5.41, 5.74) is 2.09. The normalized spacial score (nSPS) is 13.5. The number of anilines is 2. The number of rotatable bonds is 8. The highest BCUT2D eigenvalue weighted by Crippen LogP contribution is 2.30. The molecule has 2 aromatic carbocycles. The molecule has 1 heterocycles. The molecule has 31 heavy (non-hydrogen) atoms. The van der Waals surface area contributed by atoms with Crippen LogP contribution in [-0.2, 0) is 4.79 Å². The van der Waals surface area contributed by atoms with Crippen LogP contribution in [0.25, 0.3) is 0 Å². The number of amides is 2. The van der Waals surface area contributed by atoms with Crippen LogP contribution in [0.4, 0.5) is 11.4 Å². The van der Waals surface area contributed by atoms with Gasteiger partial charge in [0, 0.05) is 32.7 Å². The van der Waals surface area contributed by atoms with Gasteiger partial charge in [0.25, 0.3) is 11.8 Å². The maximum Gasteiger partial charge on any atom is 0.260 e. The third kappa shape index (κ3) is 5.90. The Morgan fingerprint density at radius 1 is 1.00 bits per heavy atom. The fourth-order valence-electron chi connectivity index (χ4n) is 3.57. The lowest BCUT2D eigenvalue weighted by molar-refractivity contribution is -0.134. The van der Waals surface area contributed by atoms with E-state index in [1.807, 2.05) is 55.1 Å². The van der Waals surface area contributed by atoms with Gasteiger partial charge < -0.3 is 24.6 Å².